The molecule has 0 spiro atoms. The zero-order chi connectivity index (χ0) is 20.4. The maximum Gasteiger partial charge on any atom is 0.243 e. The van der Waals surface area contributed by atoms with Crippen LogP contribution in [0.5, 0.6) is 0 Å². The van der Waals surface area contributed by atoms with E-state index in [0.717, 1.165) is 23.9 Å². The van der Waals surface area contributed by atoms with Gasteiger partial charge in [-0.3, -0.25) is 4.90 Å². The second kappa shape index (κ2) is 8.44. The molecule has 1 aromatic heterocycles. The molecule has 29 heavy (non-hydrogen) atoms. The van der Waals surface area contributed by atoms with Gasteiger partial charge in [-0.15, -0.1) is 0 Å². The van der Waals surface area contributed by atoms with E-state index in [1.54, 1.807) is 28.6 Å². The van der Waals surface area contributed by atoms with Crippen molar-refractivity contribution in [1.29, 1.82) is 0 Å². The Balaban J connectivity index is 1.39. The first-order chi connectivity index (χ1) is 14.0. The Bertz CT molecular complexity index is 1090. The van der Waals surface area contributed by atoms with Crippen LogP contribution >= 0.6 is 11.6 Å². The minimum absolute atomic E-state index is 0.363. The van der Waals surface area contributed by atoms with Crippen molar-refractivity contribution in [3.8, 4) is 0 Å². The molecule has 1 aliphatic rings. The molecule has 0 amide bonds. The summed E-state index contributed by atoms with van der Waals surface area (Å²) < 4.78 is 33.2. The molecule has 0 atom stereocenters. The molecule has 1 fully saturated rings. The highest BCUT2D eigenvalue weighted by Gasteiger charge is 2.29. The second-order valence-electron chi connectivity index (χ2n) is 7.29. The average Bonchev–Trinajstić information content (AvgIpc) is 3.10. The predicted molar refractivity (Wildman–Crippen MR) is 113 cm³/mol. The smallest absolute Gasteiger partial charge is 0.243 e. The van der Waals surface area contributed by atoms with Crippen molar-refractivity contribution in [2.75, 3.05) is 26.2 Å². The first kappa shape index (κ1) is 20.3. The Kier molecular flexibility index (Phi) is 5.92. The number of benzene rings is 2. The van der Waals surface area contributed by atoms with Gasteiger partial charge < -0.3 is 4.42 Å². The number of sulfonamides is 1. The van der Waals surface area contributed by atoms with Gasteiger partial charge in [0.2, 0.25) is 15.9 Å². The average molecular weight is 434 g/mol. The summed E-state index contributed by atoms with van der Waals surface area (Å²) in [5, 5.41) is 0.613. The van der Waals surface area contributed by atoms with Gasteiger partial charge in [-0.05, 0) is 36.2 Å². The summed E-state index contributed by atoms with van der Waals surface area (Å²) in [6.07, 6.45) is 2.00. The van der Waals surface area contributed by atoms with E-state index in [9.17, 15) is 8.42 Å². The molecule has 2 aromatic carbocycles. The van der Waals surface area contributed by atoms with Gasteiger partial charge >= 0.3 is 0 Å². The van der Waals surface area contributed by atoms with E-state index in [1.165, 1.54) is 0 Å². The molecule has 6 nitrogen and oxygen atoms in total. The molecule has 0 aliphatic carbocycles. The Labute approximate surface area is 176 Å². The van der Waals surface area contributed by atoms with E-state index in [0.29, 0.717) is 54.1 Å². The van der Waals surface area contributed by atoms with Crippen LogP contribution in [0.1, 0.15) is 24.8 Å². The SMILES string of the molecule is CCCc1ccc(S(=O)(=O)N2CCN(Cc3nc4ccc(Cl)cc4o3)CC2)cc1. The summed E-state index contributed by atoms with van der Waals surface area (Å²) in [6.45, 7) is 4.82. The fraction of sp³-hybridized carbons (Fsp3) is 0.381. The summed E-state index contributed by atoms with van der Waals surface area (Å²) in [5.74, 6) is 0.616. The lowest BCUT2D eigenvalue weighted by atomic mass is 10.1. The van der Waals surface area contributed by atoms with Gasteiger partial charge in [-0.1, -0.05) is 37.1 Å². The molecule has 0 radical (unpaired) electrons. The molecule has 4 rings (SSSR count). The van der Waals surface area contributed by atoms with Crippen molar-refractivity contribution < 1.29 is 12.8 Å². The van der Waals surface area contributed by atoms with Crippen LogP contribution in [0.25, 0.3) is 11.1 Å². The number of fused-ring (bicyclic) bond motifs is 1. The van der Waals surface area contributed by atoms with Crippen LogP contribution < -0.4 is 0 Å². The van der Waals surface area contributed by atoms with Crippen LogP contribution in [0.4, 0.5) is 0 Å². The number of nitrogens with zero attached hydrogens (tertiary/aromatic N) is 3. The molecule has 1 aliphatic heterocycles. The number of aryl methyl sites for hydroxylation is 1. The van der Waals surface area contributed by atoms with Gasteiger partial charge in [-0.25, -0.2) is 13.4 Å². The first-order valence-electron chi connectivity index (χ1n) is 9.82. The van der Waals surface area contributed by atoms with Crippen LogP contribution in [-0.4, -0.2) is 48.8 Å². The Morgan fingerprint density at radius 1 is 1.07 bits per heavy atom. The van der Waals surface area contributed by atoms with E-state index in [4.69, 9.17) is 16.0 Å². The van der Waals surface area contributed by atoms with Gasteiger partial charge in [0.1, 0.15) is 5.52 Å². The first-order valence-corrected chi connectivity index (χ1v) is 11.6. The van der Waals surface area contributed by atoms with E-state index >= 15 is 0 Å². The third kappa shape index (κ3) is 4.48. The van der Waals surface area contributed by atoms with E-state index in [-0.39, 0.29) is 0 Å². The number of oxazole rings is 1. The van der Waals surface area contributed by atoms with Crippen LogP contribution in [0.15, 0.2) is 51.8 Å². The van der Waals surface area contributed by atoms with Crippen LogP contribution in [0.3, 0.4) is 0 Å². The van der Waals surface area contributed by atoms with Crippen molar-refractivity contribution in [1.82, 2.24) is 14.2 Å². The highest BCUT2D eigenvalue weighted by Crippen LogP contribution is 2.22. The molecule has 0 saturated carbocycles. The summed E-state index contributed by atoms with van der Waals surface area (Å²) >= 11 is 5.99. The monoisotopic (exact) mass is 433 g/mol. The van der Waals surface area contributed by atoms with Gasteiger partial charge in [0, 0.05) is 37.3 Å². The number of rotatable bonds is 6. The zero-order valence-corrected chi connectivity index (χ0v) is 17.9. The van der Waals surface area contributed by atoms with Crippen molar-refractivity contribution >= 4 is 32.7 Å². The van der Waals surface area contributed by atoms with Crippen molar-refractivity contribution in [3.05, 3.63) is 58.9 Å². The Morgan fingerprint density at radius 3 is 2.48 bits per heavy atom. The fourth-order valence-electron chi connectivity index (χ4n) is 3.60. The lowest BCUT2D eigenvalue weighted by molar-refractivity contribution is 0.169. The quantitative estimate of drug-likeness (QED) is 0.589. The topological polar surface area (TPSA) is 66.7 Å². The van der Waals surface area contributed by atoms with Gasteiger partial charge in [0.25, 0.3) is 0 Å². The maximum atomic E-state index is 12.9. The Morgan fingerprint density at radius 2 is 1.79 bits per heavy atom. The van der Waals surface area contributed by atoms with Gasteiger partial charge in [0.05, 0.1) is 11.4 Å². The molecule has 2 heterocycles. The van der Waals surface area contributed by atoms with Gasteiger partial charge in [0.15, 0.2) is 5.58 Å². The van der Waals surface area contributed by atoms with Crippen LogP contribution in [0, 0.1) is 0 Å². The van der Waals surface area contributed by atoms with Gasteiger partial charge in [-0.2, -0.15) is 4.31 Å². The normalized spacial score (nSPS) is 16.5. The number of hydrogen-bond acceptors (Lipinski definition) is 5. The fourth-order valence-corrected chi connectivity index (χ4v) is 5.18. The van der Waals surface area contributed by atoms with E-state index < -0.39 is 10.0 Å². The largest absolute Gasteiger partial charge is 0.439 e. The zero-order valence-electron chi connectivity index (χ0n) is 16.3. The third-order valence-corrected chi connectivity index (χ3v) is 7.33. The molecule has 0 N–H and O–H groups in total. The number of halogens is 1. The minimum Gasteiger partial charge on any atom is -0.439 e. The summed E-state index contributed by atoms with van der Waals surface area (Å²) in [7, 11) is -3.46. The van der Waals surface area contributed by atoms with E-state index in [2.05, 4.69) is 16.8 Å². The molecule has 3 aromatic rings. The highest BCUT2D eigenvalue weighted by molar-refractivity contribution is 7.89. The summed E-state index contributed by atoms with van der Waals surface area (Å²) in [4.78, 5) is 7.01. The maximum absolute atomic E-state index is 12.9. The van der Waals surface area contributed by atoms with Crippen LogP contribution in [0.2, 0.25) is 5.02 Å². The predicted octanol–water partition coefficient (Wildman–Crippen LogP) is 3.94. The number of piperazine rings is 1. The summed E-state index contributed by atoms with van der Waals surface area (Å²) in [5.41, 5.74) is 2.60. The lowest BCUT2D eigenvalue weighted by Crippen LogP contribution is -2.48. The van der Waals surface area contributed by atoms with E-state index in [1.807, 2.05) is 18.2 Å². The molecule has 154 valence electrons. The van der Waals surface area contributed by atoms with Crippen LogP contribution in [-0.2, 0) is 23.0 Å². The number of aromatic nitrogens is 1. The van der Waals surface area contributed by atoms with Crippen molar-refractivity contribution in [2.45, 2.75) is 31.2 Å². The Hall–Kier alpha value is -1.93. The molecule has 8 heteroatoms. The molecular formula is C21H24ClN3O3S. The molecule has 1 saturated heterocycles. The lowest BCUT2D eigenvalue weighted by Gasteiger charge is -2.33. The third-order valence-electron chi connectivity index (χ3n) is 5.18. The van der Waals surface area contributed by atoms with Crippen molar-refractivity contribution in [2.24, 2.45) is 0 Å². The highest BCUT2D eigenvalue weighted by atomic mass is 35.5. The molecular weight excluding hydrogens is 410 g/mol. The van der Waals surface area contributed by atoms with Crippen molar-refractivity contribution in [3.63, 3.8) is 0 Å². The standard InChI is InChI=1S/C21H24ClN3O3S/c1-2-3-16-4-7-18(8-5-16)29(26,27)25-12-10-24(11-13-25)15-21-23-19-9-6-17(22)14-20(19)28-21/h4-9,14H,2-3,10-13,15H2,1H3. The molecule has 0 unspecified atom stereocenters. The molecule has 0 bridgehead atoms. The number of hydrogen-bond donors (Lipinski definition) is 0. The summed E-state index contributed by atoms with van der Waals surface area (Å²) in [6, 6.07) is 12.6. The second-order valence-corrected chi connectivity index (χ2v) is 9.67. The minimum atomic E-state index is -3.46.